The number of carbonyl (C=O) groups is 6. The first kappa shape index (κ1) is 52.2. The van der Waals surface area contributed by atoms with Gasteiger partial charge < -0.3 is 35.8 Å². The van der Waals surface area contributed by atoms with Crippen LogP contribution in [-0.2, 0) is 53.0 Å². The van der Waals surface area contributed by atoms with Gasteiger partial charge in [-0.25, -0.2) is 14.4 Å². The third kappa shape index (κ3) is 13.6. The SMILES string of the molecule is CC(C)[C@@H](C(=O)N1Cc2ccccc2C[C@H]1C(=O)N[C@@H](CCC(N)=O)C(=O)O)N(C[C@H](CSC(c1ccccc1)(c1ccccc1)c1ccccc1)NC(=O)OC(C)(C)C)C(=O)OCc1ccccc1. The lowest BCUT2D eigenvalue weighted by atomic mass is 9.84. The van der Waals surface area contributed by atoms with Gasteiger partial charge in [-0.15, -0.1) is 11.8 Å². The minimum atomic E-state index is -1.47. The van der Waals surface area contributed by atoms with Gasteiger partial charge in [-0.3, -0.25) is 19.3 Å². The Morgan fingerprint density at radius 2 is 1.27 bits per heavy atom. The summed E-state index contributed by atoms with van der Waals surface area (Å²) in [4.78, 5) is 85.5. The van der Waals surface area contributed by atoms with Crippen molar-refractivity contribution in [3.05, 3.63) is 179 Å². The number of hydrogen-bond acceptors (Lipinski definition) is 9. The van der Waals surface area contributed by atoms with Gasteiger partial charge in [-0.2, -0.15) is 0 Å². The van der Waals surface area contributed by atoms with Crippen molar-refractivity contribution in [3.8, 4) is 0 Å². The molecule has 5 N–H and O–H groups in total. The van der Waals surface area contributed by atoms with E-state index in [4.69, 9.17) is 15.2 Å². The Labute approximate surface area is 414 Å². The second kappa shape index (κ2) is 23.9. The predicted octanol–water partition coefficient (Wildman–Crippen LogP) is 8.06. The summed E-state index contributed by atoms with van der Waals surface area (Å²) < 4.78 is 11.0. The van der Waals surface area contributed by atoms with E-state index in [-0.39, 0.29) is 44.7 Å². The van der Waals surface area contributed by atoms with E-state index in [1.165, 1.54) is 9.80 Å². The van der Waals surface area contributed by atoms with Crippen molar-refractivity contribution in [1.29, 1.82) is 0 Å². The van der Waals surface area contributed by atoms with E-state index >= 15 is 4.79 Å². The van der Waals surface area contributed by atoms with Crippen LogP contribution in [0.1, 0.15) is 80.8 Å². The molecule has 1 aliphatic rings. The molecule has 0 aliphatic carbocycles. The van der Waals surface area contributed by atoms with Gasteiger partial charge in [-0.05, 0) is 66.5 Å². The number of primary amides is 1. The van der Waals surface area contributed by atoms with Crippen LogP contribution in [0.2, 0.25) is 0 Å². The fourth-order valence-corrected chi connectivity index (χ4v) is 10.2. The van der Waals surface area contributed by atoms with E-state index in [1.807, 2.05) is 109 Å². The monoisotopic (exact) mass is 969 g/mol. The number of carboxylic acids is 1. The van der Waals surface area contributed by atoms with Gasteiger partial charge in [0, 0.05) is 31.7 Å². The van der Waals surface area contributed by atoms with E-state index in [1.54, 1.807) is 46.4 Å². The minimum absolute atomic E-state index is 0.0363. The number of carboxylic acid groups (broad SMARTS) is 1. The molecule has 0 unspecified atom stereocenters. The molecule has 1 heterocycles. The summed E-state index contributed by atoms with van der Waals surface area (Å²) >= 11 is 1.55. The maximum Gasteiger partial charge on any atom is 0.410 e. The Hall–Kier alpha value is -7.13. The molecule has 0 radical (unpaired) electrons. The molecule has 0 spiro atoms. The van der Waals surface area contributed by atoms with Gasteiger partial charge in [0.15, 0.2) is 0 Å². The molecule has 368 valence electrons. The van der Waals surface area contributed by atoms with E-state index in [0.29, 0.717) is 5.56 Å². The van der Waals surface area contributed by atoms with Gasteiger partial charge in [0.05, 0.1) is 10.8 Å². The van der Waals surface area contributed by atoms with Gasteiger partial charge in [-0.1, -0.05) is 159 Å². The van der Waals surface area contributed by atoms with Crippen LogP contribution in [0.3, 0.4) is 0 Å². The van der Waals surface area contributed by atoms with Crippen molar-refractivity contribution < 1.29 is 43.3 Å². The number of ether oxygens (including phenoxy) is 2. The average molecular weight is 970 g/mol. The van der Waals surface area contributed by atoms with E-state index < -0.39 is 76.3 Å². The van der Waals surface area contributed by atoms with Crippen molar-refractivity contribution in [2.45, 2.75) is 102 Å². The summed E-state index contributed by atoms with van der Waals surface area (Å²) in [7, 11) is 0. The fourth-order valence-electron chi connectivity index (χ4n) is 8.70. The number of nitrogens with zero attached hydrogens (tertiary/aromatic N) is 2. The van der Waals surface area contributed by atoms with Crippen molar-refractivity contribution >= 4 is 47.6 Å². The predicted molar refractivity (Wildman–Crippen MR) is 269 cm³/mol. The lowest BCUT2D eigenvalue weighted by Crippen LogP contribution is -2.62. The summed E-state index contributed by atoms with van der Waals surface area (Å²) in [6.07, 6.45) is -2.08. The number of rotatable bonds is 20. The summed E-state index contributed by atoms with van der Waals surface area (Å²) in [5, 5.41) is 15.6. The highest BCUT2D eigenvalue weighted by atomic mass is 32.2. The Morgan fingerprint density at radius 1 is 0.757 bits per heavy atom. The molecule has 70 heavy (non-hydrogen) atoms. The number of nitrogens with two attached hydrogens (primary N) is 1. The highest BCUT2D eigenvalue weighted by Crippen LogP contribution is 2.48. The van der Waals surface area contributed by atoms with Crippen LogP contribution in [-0.4, -0.2) is 92.8 Å². The number of amides is 5. The lowest BCUT2D eigenvalue weighted by molar-refractivity contribution is -0.148. The maximum atomic E-state index is 15.6. The zero-order valence-electron chi connectivity index (χ0n) is 40.3. The standard InChI is InChI=1S/C55H63N5O9S/c1-37(2)48(50(63)59-33-40-23-19-18-22-39(40)32-46(59)49(62)58-45(51(64)65)30-31-47(56)61)60(53(67)68-35-38-20-10-6-11-21-38)34-44(57-52(66)69-54(3,4)5)36-70-55(41-24-12-7-13-25-41,42-26-14-8-15-27-42)43-28-16-9-17-29-43/h6-29,37,44-46,48H,30-36H2,1-5H3,(H2,56,61)(H,57,66)(H,58,62)(H,64,65)/t44-,45+,46+,48+/m1/s1. The van der Waals surface area contributed by atoms with Crippen LogP contribution >= 0.6 is 11.8 Å². The highest BCUT2D eigenvalue weighted by Gasteiger charge is 2.45. The zero-order valence-corrected chi connectivity index (χ0v) is 41.1. The Bertz CT molecular complexity index is 2460. The number of alkyl carbamates (subject to hydrolysis) is 1. The number of benzene rings is 5. The number of fused-ring (bicyclic) bond motifs is 1. The van der Waals surface area contributed by atoms with Crippen LogP contribution < -0.4 is 16.4 Å². The summed E-state index contributed by atoms with van der Waals surface area (Å²) in [5.41, 5.74) is 9.62. The molecule has 0 bridgehead atoms. The number of hydrogen-bond donors (Lipinski definition) is 4. The summed E-state index contributed by atoms with van der Waals surface area (Å²) in [6, 6.07) is 41.7. The first-order valence-corrected chi connectivity index (χ1v) is 24.4. The molecule has 0 saturated carbocycles. The molecule has 5 amide bonds. The Morgan fingerprint density at radius 3 is 1.77 bits per heavy atom. The molecule has 6 rings (SSSR count). The second-order valence-electron chi connectivity index (χ2n) is 18.7. The summed E-state index contributed by atoms with van der Waals surface area (Å²) in [6.45, 7) is 8.42. The number of aliphatic carboxylic acids is 1. The quantitative estimate of drug-likeness (QED) is 0.0554. The first-order chi connectivity index (χ1) is 33.5. The van der Waals surface area contributed by atoms with E-state index in [2.05, 4.69) is 47.0 Å². The summed E-state index contributed by atoms with van der Waals surface area (Å²) in [5.74, 6) is -3.85. The average Bonchev–Trinajstić information content (AvgIpc) is 3.34. The van der Waals surface area contributed by atoms with Crippen LogP contribution in [0, 0.1) is 5.92 Å². The molecule has 14 nitrogen and oxygen atoms in total. The fraction of sp³-hybridized carbons (Fsp3) is 0.345. The van der Waals surface area contributed by atoms with Crippen molar-refractivity contribution in [1.82, 2.24) is 20.4 Å². The van der Waals surface area contributed by atoms with Crippen molar-refractivity contribution in [2.24, 2.45) is 11.7 Å². The zero-order chi connectivity index (χ0) is 50.4. The van der Waals surface area contributed by atoms with Crippen molar-refractivity contribution in [2.75, 3.05) is 12.3 Å². The van der Waals surface area contributed by atoms with Gasteiger partial charge in [0.2, 0.25) is 17.7 Å². The van der Waals surface area contributed by atoms with Crippen LogP contribution in [0.5, 0.6) is 0 Å². The van der Waals surface area contributed by atoms with Crippen LogP contribution in [0.25, 0.3) is 0 Å². The van der Waals surface area contributed by atoms with Gasteiger partial charge in [0.1, 0.15) is 30.3 Å². The highest BCUT2D eigenvalue weighted by molar-refractivity contribution is 8.00. The molecule has 0 fully saturated rings. The molecule has 15 heteroatoms. The van der Waals surface area contributed by atoms with Crippen LogP contribution in [0.4, 0.5) is 9.59 Å². The number of thioether (sulfide) groups is 1. The van der Waals surface area contributed by atoms with Gasteiger partial charge in [0.25, 0.3) is 0 Å². The second-order valence-corrected chi connectivity index (χ2v) is 19.9. The first-order valence-electron chi connectivity index (χ1n) is 23.4. The lowest BCUT2D eigenvalue weighted by Gasteiger charge is -2.42. The largest absolute Gasteiger partial charge is 0.480 e. The minimum Gasteiger partial charge on any atom is -0.480 e. The molecule has 0 aromatic heterocycles. The topological polar surface area (TPSA) is 198 Å². The Kier molecular flexibility index (Phi) is 17.9. The number of carbonyl (C=O) groups excluding carboxylic acids is 5. The third-order valence-electron chi connectivity index (χ3n) is 12.0. The molecule has 5 aromatic carbocycles. The molecular formula is C55H63N5O9S. The normalized spacial score (nSPS) is 14.8. The van der Waals surface area contributed by atoms with E-state index in [0.717, 1.165) is 27.8 Å². The van der Waals surface area contributed by atoms with Crippen LogP contribution in [0.15, 0.2) is 146 Å². The van der Waals surface area contributed by atoms with Crippen molar-refractivity contribution in [3.63, 3.8) is 0 Å². The van der Waals surface area contributed by atoms with E-state index in [9.17, 15) is 29.1 Å². The molecule has 4 atom stereocenters. The third-order valence-corrected chi connectivity index (χ3v) is 13.7. The Balaban J connectivity index is 1.44. The number of nitrogens with one attached hydrogen (secondary N) is 2. The van der Waals surface area contributed by atoms with Gasteiger partial charge >= 0.3 is 18.2 Å². The molecular weight excluding hydrogens is 907 g/mol. The maximum absolute atomic E-state index is 15.6. The molecule has 0 saturated heterocycles. The molecule has 5 aromatic rings. The smallest absolute Gasteiger partial charge is 0.410 e. The molecule has 1 aliphatic heterocycles.